The Hall–Kier alpha value is -3.06. The number of allylic oxidation sites excluding steroid dienone is 1. The molecule has 0 radical (unpaired) electrons. The summed E-state index contributed by atoms with van der Waals surface area (Å²) in [5.74, 6) is 1.33. The Balaban J connectivity index is 1.83. The highest BCUT2D eigenvalue weighted by Crippen LogP contribution is 2.38. The van der Waals surface area contributed by atoms with E-state index in [0.29, 0.717) is 35.4 Å². The SMILES string of the molecule is CC1=C(C(=O)N(C)C)C(c2cccc(C)c2)NC(=S)N1c1ccc2c(c1)OCCO2. The van der Waals surface area contributed by atoms with E-state index in [1.54, 1.807) is 19.0 Å². The number of hydrogen-bond acceptors (Lipinski definition) is 4. The van der Waals surface area contributed by atoms with Crippen LogP contribution in [0.3, 0.4) is 0 Å². The molecule has 0 bridgehead atoms. The number of nitrogens with one attached hydrogen (secondary N) is 1. The fourth-order valence-electron chi connectivity index (χ4n) is 3.84. The van der Waals surface area contributed by atoms with E-state index in [0.717, 1.165) is 22.5 Å². The second-order valence-corrected chi connectivity index (χ2v) is 8.05. The van der Waals surface area contributed by atoms with Crippen LogP contribution in [0.15, 0.2) is 53.7 Å². The lowest BCUT2D eigenvalue weighted by Crippen LogP contribution is -2.49. The first kappa shape index (κ1) is 20.2. The van der Waals surface area contributed by atoms with Crippen LogP contribution in [-0.2, 0) is 4.79 Å². The Labute approximate surface area is 182 Å². The lowest BCUT2D eigenvalue weighted by molar-refractivity contribution is -0.125. The summed E-state index contributed by atoms with van der Waals surface area (Å²) in [4.78, 5) is 16.7. The molecule has 0 aromatic heterocycles. The number of carbonyl (C=O) groups is 1. The molecule has 1 amide bonds. The van der Waals surface area contributed by atoms with E-state index >= 15 is 0 Å². The number of fused-ring (bicyclic) bond motifs is 1. The van der Waals surface area contributed by atoms with E-state index in [1.807, 2.05) is 55.1 Å². The number of amides is 1. The van der Waals surface area contributed by atoms with Gasteiger partial charge in [0.15, 0.2) is 16.6 Å². The van der Waals surface area contributed by atoms with Crippen LogP contribution in [0, 0.1) is 6.92 Å². The van der Waals surface area contributed by atoms with E-state index in [2.05, 4.69) is 11.4 Å². The molecule has 0 saturated carbocycles. The molecule has 2 aromatic carbocycles. The van der Waals surface area contributed by atoms with Crippen molar-refractivity contribution in [3.05, 3.63) is 64.9 Å². The van der Waals surface area contributed by atoms with Crippen molar-refractivity contribution in [1.82, 2.24) is 10.2 Å². The maximum Gasteiger partial charge on any atom is 0.253 e. The normalized spacial score (nSPS) is 18.2. The van der Waals surface area contributed by atoms with Crippen LogP contribution < -0.4 is 19.7 Å². The van der Waals surface area contributed by atoms with Crippen molar-refractivity contribution < 1.29 is 14.3 Å². The van der Waals surface area contributed by atoms with Gasteiger partial charge in [0, 0.05) is 25.9 Å². The van der Waals surface area contributed by atoms with Gasteiger partial charge < -0.3 is 19.7 Å². The number of likely N-dealkylation sites (N-methyl/N-ethyl adjacent to an activating group) is 1. The van der Waals surface area contributed by atoms with Gasteiger partial charge in [-0.2, -0.15) is 0 Å². The first-order valence-corrected chi connectivity index (χ1v) is 10.3. The summed E-state index contributed by atoms with van der Waals surface area (Å²) in [5.41, 5.74) is 4.41. The van der Waals surface area contributed by atoms with Crippen molar-refractivity contribution in [3.63, 3.8) is 0 Å². The third-order valence-corrected chi connectivity index (χ3v) is 5.58. The zero-order chi connectivity index (χ0) is 21.4. The lowest BCUT2D eigenvalue weighted by atomic mass is 9.93. The van der Waals surface area contributed by atoms with Gasteiger partial charge in [0.25, 0.3) is 5.91 Å². The predicted octanol–water partition coefficient (Wildman–Crippen LogP) is 3.56. The van der Waals surface area contributed by atoms with Gasteiger partial charge in [-0.1, -0.05) is 29.8 Å². The number of anilines is 1. The maximum atomic E-state index is 13.2. The summed E-state index contributed by atoms with van der Waals surface area (Å²) in [6, 6.07) is 13.5. The van der Waals surface area contributed by atoms with Gasteiger partial charge in [-0.05, 0) is 43.8 Å². The second-order valence-electron chi connectivity index (χ2n) is 7.66. The van der Waals surface area contributed by atoms with E-state index < -0.39 is 0 Å². The standard InChI is InChI=1S/C23H25N3O3S/c1-14-6-5-7-16(12-14)21-20(22(27)25(3)4)15(2)26(23(30)24-21)17-8-9-18-19(13-17)29-11-10-28-18/h5-9,12-13,21H,10-11H2,1-4H3,(H,24,30). The Morgan fingerprint density at radius 3 is 2.53 bits per heavy atom. The molecule has 0 aliphatic carbocycles. The Bertz CT molecular complexity index is 1050. The zero-order valence-corrected chi connectivity index (χ0v) is 18.4. The number of benzene rings is 2. The van der Waals surface area contributed by atoms with Gasteiger partial charge in [-0.3, -0.25) is 9.69 Å². The highest BCUT2D eigenvalue weighted by atomic mass is 32.1. The summed E-state index contributed by atoms with van der Waals surface area (Å²) in [5, 5.41) is 3.92. The molecule has 1 atom stereocenters. The van der Waals surface area contributed by atoms with Gasteiger partial charge in [-0.15, -0.1) is 0 Å². The molecule has 6 nitrogen and oxygen atoms in total. The molecular weight excluding hydrogens is 398 g/mol. The maximum absolute atomic E-state index is 13.2. The number of thiocarbonyl (C=S) groups is 1. The molecule has 1 N–H and O–H groups in total. The summed E-state index contributed by atoms with van der Waals surface area (Å²) in [6.07, 6.45) is 0. The molecule has 7 heteroatoms. The van der Waals surface area contributed by atoms with Crippen LogP contribution >= 0.6 is 12.2 Å². The summed E-state index contributed by atoms with van der Waals surface area (Å²) >= 11 is 5.74. The first-order valence-electron chi connectivity index (χ1n) is 9.86. The molecular formula is C23H25N3O3S. The fraction of sp³-hybridized carbons (Fsp3) is 0.304. The van der Waals surface area contributed by atoms with Crippen molar-refractivity contribution >= 4 is 28.9 Å². The van der Waals surface area contributed by atoms with Crippen LogP contribution in [0.4, 0.5) is 5.69 Å². The second kappa shape index (κ2) is 7.99. The molecule has 0 spiro atoms. The van der Waals surface area contributed by atoms with E-state index in [1.165, 1.54) is 0 Å². The van der Waals surface area contributed by atoms with Crippen LogP contribution in [0.2, 0.25) is 0 Å². The van der Waals surface area contributed by atoms with Crippen molar-refractivity contribution in [2.45, 2.75) is 19.9 Å². The number of rotatable bonds is 3. The Morgan fingerprint density at radius 1 is 1.10 bits per heavy atom. The van der Waals surface area contributed by atoms with Crippen molar-refractivity contribution in [2.75, 3.05) is 32.2 Å². The average Bonchev–Trinajstić information content (AvgIpc) is 2.72. The van der Waals surface area contributed by atoms with Crippen molar-refractivity contribution in [3.8, 4) is 11.5 Å². The van der Waals surface area contributed by atoms with Gasteiger partial charge >= 0.3 is 0 Å². The molecule has 2 heterocycles. The molecule has 0 saturated heterocycles. The Morgan fingerprint density at radius 2 is 1.83 bits per heavy atom. The smallest absolute Gasteiger partial charge is 0.253 e. The number of aryl methyl sites for hydroxylation is 1. The molecule has 30 heavy (non-hydrogen) atoms. The third-order valence-electron chi connectivity index (χ3n) is 5.28. The van der Waals surface area contributed by atoms with E-state index in [-0.39, 0.29) is 11.9 Å². The van der Waals surface area contributed by atoms with Gasteiger partial charge in [0.05, 0.1) is 17.3 Å². The number of hydrogen-bond donors (Lipinski definition) is 1. The zero-order valence-electron chi connectivity index (χ0n) is 17.6. The number of carbonyl (C=O) groups excluding carboxylic acids is 1. The quantitative estimate of drug-likeness (QED) is 0.762. The van der Waals surface area contributed by atoms with Crippen LogP contribution in [-0.4, -0.2) is 43.2 Å². The summed E-state index contributed by atoms with van der Waals surface area (Å²) in [6.45, 7) is 5.02. The Kier molecular flexibility index (Phi) is 5.39. The predicted molar refractivity (Wildman–Crippen MR) is 121 cm³/mol. The lowest BCUT2D eigenvalue weighted by Gasteiger charge is -2.39. The third kappa shape index (κ3) is 3.61. The molecule has 2 aliphatic rings. The topological polar surface area (TPSA) is 54.0 Å². The van der Waals surface area contributed by atoms with Crippen molar-refractivity contribution in [1.29, 1.82) is 0 Å². The number of nitrogens with zero attached hydrogens (tertiary/aromatic N) is 2. The van der Waals surface area contributed by atoms with Crippen LogP contribution in [0.5, 0.6) is 11.5 Å². The minimum Gasteiger partial charge on any atom is -0.486 e. The van der Waals surface area contributed by atoms with E-state index in [4.69, 9.17) is 21.7 Å². The molecule has 2 aliphatic heterocycles. The first-order chi connectivity index (χ1) is 14.4. The average molecular weight is 424 g/mol. The highest BCUT2D eigenvalue weighted by Gasteiger charge is 2.35. The van der Waals surface area contributed by atoms with Gasteiger partial charge in [0.2, 0.25) is 0 Å². The van der Waals surface area contributed by atoms with E-state index in [9.17, 15) is 4.79 Å². The minimum absolute atomic E-state index is 0.0588. The van der Waals surface area contributed by atoms with Gasteiger partial charge in [-0.25, -0.2) is 0 Å². The number of ether oxygens (including phenoxy) is 2. The van der Waals surface area contributed by atoms with Crippen LogP contribution in [0.25, 0.3) is 0 Å². The molecule has 4 rings (SSSR count). The fourth-order valence-corrected chi connectivity index (χ4v) is 4.20. The van der Waals surface area contributed by atoms with Crippen LogP contribution in [0.1, 0.15) is 24.1 Å². The molecule has 0 fully saturated rings. The minimum atomic E-state index is -0.319. The largest absolute Gasteiger partial charge is 0.486 e. The molecule has 1 unspecified atom stereocenters. The monoisotopic (exact) mass is 423 g/mol. The van der Waals surface area contributed by atoms with Crippen molar-refractivity contribution in [2.24, 2.45) is 0 Å². The molecule has 2 aromatic rings. The highest BCUT2D eigenvalue weighted by molar-refractivity contribution is 7.80. The summed E-state index contributed by atoms with van der Waals surface area (Å²) < 4.78 is 11.4. The summed E-state index contributed by atoms with van der Waals surface area (Å²) in [7, 11) is 3.52. The van der Waals surface area contributed by atoms with Gasteiger partial charge in [0.1, 0.15) is 13.2 Å². The molecule has 156 valence electrons.